The molecule has 1 N–H and O–H groups in total. The fraction of sp³-hybridized carbons (Fsp3) is 0.216. The van der Waals surface area contributed by atoms with Crippen molar-refractivity contribution in [1.29, 1.82) is 0 Å². The van der Waals surface area contributed by atoms with E-state index in [0.717, 1.165) is 16.9 Å². The zero-order valence-corrected chi connectivity index (χ0v) is 25.7. The van der Waals surface area contributed by atoms with Gasteiger partial charge < -0.3 is 19.9 Å². The fourth-order valence-electron chi connectivity index (χ4n) is 6.91. The van der Waals surface area contributed by atoms with Crippen molar-refractivity contribution in [2.24, 2.45) is 5.92 Å². The lowest BCUT2D eigenvalue weighted by atomic mass is 10.0. The number of carbonyl (C=O) groups excluding carboxylic acids is 5. The third-order valence-electron chi connectivity index (χ3n) is 9.17. The number of ether oxygens (including phenoxy) is 1. The van der Waals surface area contributed by atoms with Gasteiger partial charge in [-0.3, -0.25) is 28.9 Å². The number of imide groups is 1. The maximum atomic E-state index is 14.2. The lowest BCUT2D eigenvalue weighted by Crippen LogP contribution is -2.49. The number of anilines is 3. The number of nitrogens with one attached hydrogen (secondary N) is 1. The van der Waals surface area contributed by atoms with E-state index in [9.17, 15) is 24.0 Å². The molecule has 10 nitrogen and oxygen atoms in total. The highest BCUT2D eigenvalue weighted by atomic mass is 16.5. The smallest absolute Gasteiger partial charge is 0.262 e. The van der Waals surface area contributed by atoms with Crippen molar-refractivity contribution >= 4 is 46.6 Å². The van der Waals surface area contributed by atoms with Crippen molar-refractivity contribution in [2.75, 3.05) is 28.8 Å². The van der Waals surface area contributed by atoms with Crippen molar-refractivity contribution in [3.63, 3.8) is 0 Å². The van der Waals surface area contributed by atoms with Crippen molar-refractivity contribution in [3.05, 3.63) is 119 Å². The van der Waals surface area contributed by atoms with Crippen molar-refractivity contribution in [3.8, 4) is 5.75 Å². The quantitative estimate of drug-likeness (QED) is 0.278. The summed E-state index contributed by atoms with van der Waals surface area (Å²) in [5, 5.41) is 2.89. The van der Waals surface area contributed by atoms with Crippen molar-refractivity contribution in [1.82, 2.24) is 4.90 Å². The average molecular weight is 629 g/mol. The summed E-state index contributed by atoms with van der Waals surface area (Å²) in [6.45, 7) is -0.166. The SMILES string of the molecule is COc1ccccc1C(=O)Nc1ccc(CN2C(=O)C3CCCC3N(C(=O)CN3C(=O)c4ccccc4C3=O)c3ccccc32)cc1. The minimum absolute atomic E-state index is 0.0791. The number of hydrogen-bond acceptors (Lipinski definition) is 6. The first kappa shape index (κ1) is 29.9. The van der Waals surface area contributed by atoms with Crippen LogP contribution in [0.15, 0.2) is 97.1 Å². The summed E-state index contributed by atoms with van der Waals surface area (Å²) >= 11 is 0. The number of benzene rings is 4. The Morgan fingerprint density at radius 3 is 2.11 bits per heavy atom. The normalized spacial score (nSPS) is 18.4. The molecule has 4 aromatic rings. The molecular weight excluding hydrogens is 596 g/mol. The Bertz CT molecular complexity index is 1890. The molecule has 2 aliphatic heterocycles. The molecule has 236 valence electrons. The third kappa shape index (κ3) is 5.31. The van der Waals surface area contributed by atoms with Gasteiger partial charge in [-0.1, -0.05) is 55.0 Å². The van der Waals surface area contributed by atoms with Crippen LogP contribution in [0.5, 0.6) is 5.75 Å². The average Bonchev–Trinajstić information content (AvgIpc) is 3.65. The van der Waals surface area contributed by atoms with Gasteiger partial charge in [0, 0.05) is 11.7 Å². The summed E-state index contributed by atoms with van der Waals surface area (Å²) < 4.78 is 5.31. The Morgan fingerprint density at radius 2 is 1.40 bits per heavy atom. The predicted octanol–water partition coefficient (Wildman–Crippen LogP) is 5.29. The maximum absolute atomic E-state index is 14.2. The van der Waals surface area contributed by atoms with E-state index in [0.29, 0.717) is 41.2 Å². The Balaban J connectivity index is 1.14. The molecule has 1 saturated carbocycles. The largest absolute Gasteiger partial charge is 0.496 e. The zero-order chi connectivity index (χ0) is 32.7. The first-order chi connectivity index (χ1) is 22.9. The van der Waals surface area contributed by atoms with Gasteiger partial charge in [0.25, 0.3) is 17.7 Å². The molecule has 0 saturated heterocycles. The van der Waals surface area contributed by atoms with Crippen LogP contribution < -0.4 is 19.9 Å². The summed E-state index contributed by atoms with van der Waals surface area (Å²) in [6.07, 6.45) is 2.03. The number of amides is 5. The topological polar surface area (TPSA) is 116 Å². The van der Waals surface area contributed by atoms with E-state index in [2.05, 4.69) is 5.32 Å². The Labute approximate surface area is 271 Å². The Kier molecular flexibility index (Phi) is 7.77. The van der Waals surface area contributed by atoms with Gasteiger partial charge in [-0.05, 0) is 66.9 Å². The molecule has 3 aliphatic rings. The lowest BCUT2D eigenvalue weighted by molar-refractivity contribution is -0.123. The molecule has 1 fully saturated rings. The molecule has 2 unspecified atom stereocenters. The molecule has 0 radical (unpaired) electrons. The van der Waals surface area contributed by atoms with Crippen LogP contribution in [-0.4, -0.2) is 54.1 Å². The van der Waals surface area contributed by atoms with E-state index >= 15 is 0 Å². The highest BCUT2D eigenvalue weighted by Gasteiger charge is 2.47. The number of hydrogen-bond donors (Lipinski definition) is 1. The molecule has 7 rings (SSSR count). The molecule has 47 heavy (non-hydrogen) atoms. The van der Waals surface area contributed by atoms with E-state index in [1.165, 1.54) is 7.11 Å². The van der Waals surface area contributed by atoms with Crippen LogP contribution in [0.3, 0.4) is 0 Å². The molecule has 0 spiro atoms. The van der Waals surface area contributed by atoms with E-state index in [1.54, 1.807) is 70.5 Å². The van der Waals surface area contributed by atoms with Gasteiger partial charge >= 0.3 is 0 Å². The molecule has 2 heterocycles. The second-order valence-corrected chi connectivity index (χ2v) is 11.9. The van der Waals surface area contributed by atoms with Gasteiger partial charge in [-0.2, -0.15) is 0 Å². The summed E-state index contributed by atoms with van der Waals surface area (Å²) in [5.41, 5.74) is 3.56. The highest BCUT2D eigenvalue weighted by Crippen LogP contribution is 2.43. The third-order valence-corrected chi connectivity index (χ3v) is 9.17. The van der Waals surface area contributed by atoms with Crippen LogP contribution in [0.1, 0.15) is 55.9 Å². The van der Waals surface area contributed by atoms with Crippen LogP contribution >= 0.6 is 0 Å². The number of methoxy groups -OCH3 is 1. The van der Waals surface area contributed by atoms with E-state index in [1.807, 2.05) is 36.4 Å². The molecular formula is C37H32N4O6. The minimum Gasteiger partial charge on any atom is -0.496 e. The standard InChI is InChI=1S/C37H32N4O6/c1-47-32-16-7-4-11-28(32)34(43)38-24-19-17-23(18-20-24)21-39-30-13-5-6-14-31(30)41(29-15-8-12-27(29)37(39)46)33(42)22-40-35(44)25-9-2-3-10-26(25)36(40)45/h2-7,9-11,13-14,16-20,27,29H,8,12,15,21-22H2,1H3,(H,38,43). The second-order valence-electron chi connectivity index (χ2n) is 11.9. The number of carbonyl (C=O) groups is 5. The first-order valence-electron chi connectivity index (χ1n) is 15.6. The summed E-state index contributed by atoms with van der Waals surface area (Å²) in [7, 11) is 1.51. The van der Waals surface area contributed by atoms with Gasteiger partial charge in [0.15, 0.2) is 0 Å². The molecule has 2 atom stereocenters. The van der Waals surface area contributed by atoms with Crippen molar-refractivity contribution < 1.29 is 28.7 Å². The number of nitrogens with zero attached hydrogens (tertiary/aromatic N) is 3. The second kappa shape index (κ2) is 12.2. The van der Waals surface area contributed by atoms with Crippen LogP contribution in [0.4, 0.5) is 17.1 Å². The van der Waals surface area contributed by atoms with E-state index in [4.69, 9.17) is 4.74 Å². The number of fused-ring (bicyclic) bond motifs is 3. The van der Waals surface area contributed by atoms with Crippen LogP contribution in [0, 0.1) is 5.92 Å². The van der Waals surface area contributed by atoms with Gasteiger partial charge in [0.05, 0.1) is 47.6 Å². The zero-order valence-electron chi connectivity index (χ0n) is 25.7. The van der Waals surface area contributed by atoms with Gasteiger partial charge in [-0.15, -0.1) is 0 Å². The van der Waals surface area contributed by atoms with E-state index in [-0.39, 0.29) is 29.5 Å². The predicted molar refractivity (Wildman–Crippen MR) is 175 cm³/mol. The fourth-order valence-corrected chi connectivity index (χ4v) is 6.91. The number of para-hydroxylation sites is 3. The minimum atomic E-state index is -0.495. The lowest BCUT2D eigenvalue weighted by Gasteiger charge is -2.31. The summed E-state index contributed by atoms with van der Waals surface area (Å²) in [6, 6.07) is 27.7. The van der Waals surface area contributed by atoms with Gasteiger partial charge in [0.2, 0.25) is 11.8 Å². The molecule has 4 aromatic carbocycles. The summed E-state index contributed by atoms with van der Waals surface area (Å²) in [5.74, 6) is -1.74. The first-order valence-corrected chi connectivity index (χ1v) is 15.6. The van der Waals surface area contributed by atoms with Crippen molar-refractivity contribution in [2.45, 2.75) is 31.8 Å². The van der Waals surface area contributed by atoms with Gasteiger partial charge in [-0.25, -0.2) is 0 Å². The van der Waals surface area contributed by atoms with Crippen LogP contribution in [0.2, 0.25) is 0 Å². The Hall–Kier alpha value is -5.77. The molecule has 10 heteroatoms. The monoisotopic (exact) mass is 628 g/mol. The summed E-state index contributed by atoms with van der Waals surface area (Å²) in [4.78, 5) is 71.7. The molecule has 5 amide bonds. The van der Waals surface area contributed by atoms with Gasteiger partial charge in [0.1, 0.15) is 12.3 Å². The molecule has 1 aliphatic carbocycles. The highest BCUT2D eigenvalue weighted by molar-refractivity contribution is 6.23. The maximum Gasteiger partial charge on any atom is 0.262 e. The van der Waals surface area contributed by atoms with Crippen LogP contribution in [0.25, 0.3) is 0 Å². The van der Waals surface area contributed by atoms with E-state index < -0.39 is 36.2 Å². The number of rotatable bonds is 7. The molecule has 0 bridgehead atoms. The molecule has 0 aromatic heterocycles. The van der Waals surface area contributed by atoms with Crippen LogP contribution in [-0.2, 0) is 16.1 Å². The Morgan fingerprint density at radius 1 is 0.766 bits per heavy atom.